The molecule has 25 heavy (non-hydrogen) atoms. The number of para-hydroxylation sites is 1. The van der Waals surface area contributed by atoms with Crippen LogP contribution in [-0.4, -0.2) is 58.3 Å². The maximum atomic E-state index is 9.10. The minimum Gasteiger partial charge on any atom is -0.473 e. The van der Waals surface area contributed by atoms with Crippen LogP contribution in [0.3, 0.4) is 0 Å². The number of piperidine rings is 1. The zero-order chi connectivity index (χ0) is 18.1. The molecule has 0 unspecified atom stereocenters. The zero-order valence-corrected chi connectivity index (χ0v) is 14.7. The van der Waals surface area contributed by atoms with Gasteiger partial charge in [-0.05, 0) is 44.5 Å². The van der Waals surface area contributed by atoms with Crippen LogP contribution in [0.4, 0.5) is 0 Å². The van der Waals surface area contributed by atoms with Crippen LogP contribution in [0.1, 0.15) is 25.7 Å². The quantitative estimate of drug-likeness (QED) is 0.620. The fourth-order valence-corrected chi connectivity index (χ4v) is 3.38. The number of carbonyl (C=O) groups is 2. The molecular weight excluding hydrogens is 344 g/mol. The van der Waals surface area contributed by atoms with Crippen molar-refractivity contribution < 1.29 is 24.5 Å². The van der Waals surface area contributed by atoms with Crippen molar-refractivity contribution in [3.63, 3.8) is 0 Å². The molecule has 8 heteroatoms. The largest absolute Gasteiger partial charge is 0.473 e. The number of hydrogen-bond acceptors (Lipinski definition) is 6. The maximum Gasteiger partial charge on any atom is 0.414 e. The number of aromatic nitrogens is 1. The van der Waals surface area contributed by atoms with E-state index in [2.05, 4.69) is 16.0 Å². The molecule has 136 valence electrons. The summed E-state index contributed by atoms with van der Waals surface area (Å²) in [4.78, 5) is 25.2. The van der Waals surface area contributed by atoms with Gasteiger partial charge in [0.25, 0.3) is 5.19 Å². The molecule has 0 radical (unpaired) electrons. The molecule has 1 aromatic heterocycles. The lowest BCUT2D eigenvalue weighted by atomic mass is 10.1. The van der Waals surface area contributed by atoms with E-state index in [1.165, 1.54) is 37.1 Å². The van der Waals surface area contributed by atoms with Crippen LogP contribution in [0.2, 0.25) is 0 Å². The fraction of sp³-hybridized carbons (Fsp3) is 0.471. The minimum absolute atomic E-state index is 0.774. The number of thiazole rings is 1. The van der Waals surface area contributed by atoms with Crippen LogP contribution in [0.5, 0.6) is 5.19 Å². The molecule has 1 aliphatic heterocycles. The van der Waals surface area contributed by atoms with Crippen LogP contribution >= 0.6 is 11.3 Å². The molecule has 7 nitrogen and oxygen atoms in total. The third-order valence-corrected chi connectivity index (χ3v) is 4.70. The summed E-state index contributed by atoms with van der Waals surface area (Å²) in [6, 6.07) is 8.18. The van der Waals surface area contributed by atoms with Crippen LogP contribution in [-0.2, 0) is 9.59 Å². The summed E-state index contributed by atoms with van der Waals surface area (Å²) in [5, 5.41) is 15.6. The molecule has 1 saturated heterocycles. The number of ether oxygens (including phenoxy) is 1. The van der Waals surface area contributed by atoms with Crippen molar-refractivity contribution in [1.82, 2.24) is 9.88 Å². The highest BCUT2D eigenvalue weighted by Crippen LogP contribution is 2.27. The summed E-state index contributed by atoms with van der Waals surface area (Å²) >= 11 is 1.64. The van der Waals surface area contributed by atoms with E-state index in [-0.39, 0.29) is 0 Å². The van der Waals surface area contributed by atoms with E-state index in [9.17, 15) is 0 Å². The second-order valence-corrected chi connectivity index (χ2v) is 6.66. The van der Waals surface area contributed by atoms with Crippen molar-refractivity contribution in [2.45, 2.75) is 25.7 Å². The second-order valence-electron chi connectivity index (χ2n) is 5.66. The first-order chi connectivity index (χ1) is 12.1. The Labute approximate surface area is 149 Å². The Hall–Kier alpha value is -2.19. The van der Waals surface area contributed by atoms with E-state index in [1.54, 1.807) is 11.3 Å². The highest BCUT2D eigenvalue weighted by atomic mass is 32.1. The van der Waals surface area contributed by atoms with E-state index in [0.29, 0.717) is 0 Å². The highest BCUT2D eigenvalue weighted by molar-refractivity contribution is 7.20. The summed E-state index contributed by atoms with van der Waals surface area (Å²) in [7, 11) is 0. The maximum absolute atomic E-state index is 9.10. The molecule has 2 aromatic rings. The molecule has 1 aromatic carbocycles. The second kappa shape index (κ2) is 9.95. The molecule has 2 N–H and O–H groups in total. The minimum atomic E-state index is -1.82. The van der Waals surface area contributed by atoms with Crippen LogP contribution in [0.25, 0.3) is 10.2 Å². The summed E-state index contributed by atoms with van der Waals surface area (Å²) < 4.78 is 6.97. The van der Waals surface area contributed by atoms with Crippen molar-refractivity contribution >= 4 is 33.5 Å². The van der Waals surface area contributed by atoms with Crippen LogP contribution < -0.4 is 4.74 Å². The number of fused-ring (bicyclic) bond motifs is 1. The summed E-state index contributed by atoms with van der Waals surface area (Å²) in [5.41, 5.74) is 1.04. The van der Waals surface area contributed by atoms with Crippen molar-refractivity contribution in [3.8, 4) is 5.19 Å². The molecule has 1 aliphatic rings. The number of hydrogen-bond donors (Lipinski definition) is 2. The van der Waals surface area contributed by atoms with Crippen molar-refractivity contribution in [3.05, 3.63) is 24.3 Å². The predicted molar refractivity (Wildman–Crippen MR) is 95.3 cm³/mol. The number of carboxylic acids is 2. The molecule has 0 saturated carbocycles. The zero-order valence-electron chi connectivity index (χ0n) is 13.9. The van der Waals surface area contributed by atoms with Crippen molar-refractivity contribution in [2.24, 2.45) is 0 Å². The van der Waals surface area contributed by atoms with Crippen LogP contribution in [0, 0.1) is 0 Å². The number of rotatable bonds is 5. The highest BCUT2D eigenvalue weighted by Gasteiger charge is 2.09. The van der Waals surface area contributed by atoms with Gasteiger partial charge in [0.2, 0.25) is 0 Å². The Bertz CT molecular complexity index is 652. The predicted octanol–water partition coefficient (Wildman–Crippen LogP) is 2.71. The third-order valence-electron chi connectivity index (χ3n) is 3.75. The Balaban J connectivity index is 0.000000326. The molecular formula is C17H22N2O5S. The molecule has 0 atom stereocenters. The smallest absolute Gasteiger partial charge is 0.414 e. The van der Waals surface area contributed by atoms with Gasteiger partial charge in [-0.25, -0.2) is 14.6 Å². The molecule has 1 fully saturated rings. The van der Waals surface area contributed by atoms with Gasteiger partial charge in [0, 0.05) is 6.54 Å². The summed E-state index contributed by atoms with van der Waals surface area (Å²) in [6.45, 7) is 4.46. The fourth-order valence-electron chi connectivity index (χ4n) is 2.54. The van der Waals surface area contributed by atoms with Crippen molar-refractivity contribution in [1.29, 1.82) is 0 Å². The monoisotopic (exact) mass is 366 g/mol. The molecule has 2 heterocycles. The Morgan fingerprint density at radius 1 is 1.12 bits per heavy atom. The van der Waals surface area contributed by atoms with Gasteiger partial charge in [0.05, 0.1) is 16.8 Å². The van der Waals surface area contributed by atoms with Gasteiger partial charge < -0.3 is 19.8 Å². The Morgan fingerprint density at radius 2 is 1.80 bits per heavy atom. The Kier molecular flexibility index (Phi) is 7.62. The topological polar surface area (TPSA) is 100.0 Å². The van der Waals surface area contributed by atoms with E-state index >= 15 is 0 Å². The van der Waals surface area contributed by atoms with E-state index in [1.807, 2.05) is 18.2 Å². The molecule has 0 spiro atoms. The third kappa shape index (κ3) is 6.67. The van der Waals surface area contributed by atoms with Crippen molar-refractivity contribution in [2.75, 3.05) is 26.2 Å². The van der Waals surface area contributed by atoms with Gasteiger partial charge in [0.15, 0.2) is 0 Å². The standard InChI is InChI=1S/C15H20N2OS.C2H2O4/c1-4-9-17(10-5-1)11-6-12-18-15-16-13-7-2-3-8-14(13)19-15;3-1(4)2(5)6/h2-3,7-8H,1,4-6,9-12H2;(H,3,4)(H,5,6). The van der Waals surface area contributed by atoms with Gasteiger partial charge in [-0.15, -0.1) is 0 Å². The lowest BCUT2D eigenvalue weighted by Gasteiger charge is -2.26. The number of nitrogens with zero attached hydrogens (tertiary/aromatic N) is 2. The Morgan fingerprint density at radius 3 is 2.44 bits per heavy atom. The molecule has 3 rings (SSSR count). The first-order valence-corrected chi connectivity index (χ1v) is 9.05. The molecule has 0 bridgehead atoms. The molecule has 0 aliphatic carbocycles. The lowest BCUT2D eigenvalue weighted by Crippen LogP contribution is -2.31. The van der Waals surface area contributed by atoms with Gasteiger partial charge in [-0.1, -0.05) is 29.9 Å². The SMILES string of the molecule is O=C(O)C(=O)O.c1ccc2sc(OCCCN3CCCCC3)nc2c1. The molecule has 0 amide bonds. The van der Waals surface area contributed by atoms with Gasteiger partial charge in [0.1, 0.15) is 0 Å². The van der Waals surface area contributed by atoms with E-state index in [0.717, 1.165) is 30.3 Å². The number of carboxylic acid groups (broad SMARTS) is 2. The first kappa shape index (κ1) is 19.1. The first-order valence-electron chi connectivity index (χ1n) is 8.23. The number of benzene rings is 1. The average Bonchev–Trinajstić information content (AvgIpc) is 3.03. The number of likely N-dealkylation sites (tertiary alicyclic amines) is 1. The van der Waals surface area contributed by atoms with E-state index < -0.39 is 11.9 Å². The van der Waals surface area contributed by atoms with Gasteiger partial charge in [-0.3, -0.25) is 0 Å². The van der Waals surface area contributed by atoms with Gasteiger partial charge in [-0.2, -0.15) is 0 Å². The lowest BCUT2D eigenvalue weighted by molar-refractivity contribution is -0.159. The summed E-state index contributed by atoms with van der Waals surface area (Å²) in [6.07, 6.45) is 5.21. The number of aliphatic carboxylic acids is 2. The van der Waals surface area contributed by atoms with Crippen LogP contribution in [0.15, 0.2) is 24.3 Å². The van der Waals surface area contributed by atoms with E-state index in [4.69, 9.17) is 24.5 Å². The summed E-state index contributed by atoms with van der Waals surface area (Å²) in [5.74, 6) is -3.65. The normalized spacial score (nSPS) is 14.6. The average molecular weight is 366 g/mol. The van der Waals surface area contributed by atoms with Gasteiger partial charge >= 0.3 is 11.9 Å².